The molecule has 138 valence electrons. The van der Waals surface area contributed by atoms with Crippen LogP contribution in [0.3, 0.4) is 0 Å². The zero-order valence-corrected chi connectivity index (χ0v) is 14.8. The molecule has 0 fully saturated rings. The number of nitro groups is 1. The Morgan fingerprint density at radius 3 is 2.67 bits per heavy atom. The Morgan fingerprint density at radius 2 is 2.00 bits per heavy atom. The van der Waals surface area contributed by atoms with E-state index in [1.54, 1.807) is 30.3 Å². The average molecular weight is 365 g/mol. The topological polar surface area (TPSA) is 105 Å². The second-order valence-electron chi connectivity index (χ2n) is 6.15. The van der Waals surface area contributed by atoms with Crippen LogP contribution in [0.15, 0.2) is 54.7 Å². The molecule has 1 atom stereocenters. The maximum Gasteiger partial charge on any atom is 0.279 e. The number of rotatable bonds is 6. The molecule has 1 unspecified atom stereocenters. The predicted octanol–water partition coefficient (Wildman–Crippen LogP) is 3.85. The minimum atomic E-state index is -0.727. The van der Waals surface area contributed by atoms with Gasteiger partial charge in [-0.25, -0.2) is 0 Å². The summed E-state index contributed by atoms with van der Waals surface area (Å²) < 4.78 is 0. The van der Waals surface area contributed by atoms with Crippen LogP contribution in [0, 0.1) is 10.1 Å². The van der Waals surface area contributed by atoms with Crippen LogP contribution in [0.25, 0.3) is 10.9 Å². The van der Waals surface area contributed by atoms with Gasteiger partial charge in [-0.2, -0.15) is 0 Å². The van der Waals surface area contributed by atoms with Gasteiger partial charge in [0.05, 0.1) is 16.4 Å². The minimum Gasteiger partial charge on any atom is -0.505 e. The number of aromatic nitrogens is 1. The van der Waals surface area contributed by atoms with E-state index in [4.69, 9.17) is 0 Å². The number of hydrogen-bond donors (Lipinski definition) is 2. The van der Waals surface area contributed by atoms with Crippen LogP contribution >= 0.6 is 0 Å². The standard InChI is InChI=1S/C20H19N3O4/c1-2-7-17(24)22-18(13-8-4-3-5-9-13)15-12-16(23(26)27)14-10-6-11-21-19(14)20(15)25/h3-6,8-12,18,25H,2,7H2,1H3,(H,22,24). The molecule has 7 nitrogen and oxygen atoms in total. The number of phenols is 1. The summed E-state index contributed by atoms with van der Waals surface area (Å²) in [6.45, 7) is 1.89. The lowest BCUT2D eigenvalue weighted by Crippen LogP contribution is -2.29. The van der Waals surface area contributed by atoms with Gasteiger partial charge >= 0.3 is 0 Å². The van der Waals surface area contributed by atoms with Crippen LogP contribution < -0.4 is 5.32 Å². The molecule has 1 heterocycles. The molecular formula is C20H19N3O4. The number of carbonyl (C=O) groups is 1. The van der Waals surface area contributed by atoms with E-state index in [1.807, 2.05) is 13.0 Å². The van der Waals surface area contributed by atoms with Gasteiger partial charge in [0, 0.05) is 24.2 Å². The molecule has 7 heteroatoms. The summed E-state index contributed by atoms with van der Waals surface area (Å²) in [7, 11) is 0. The fraction of sp³-hybridized carbons (Fsp3) is 0.200. The highest BCUT2D eigenvalue weighted by molar-refractivity contribution is 5.93. The summed E-state index contributed by atoms with van der Waals surface area (Å²) in [5.74, 6) is -0.378. The minimum absolute atomic E-state index is 0.132. The second kappa shape index (κ2) is 7.82. The number of nitro benzene ring substituents is 1. The molecule has 1 amide bonds. The third-order valence-electron chi connectivity index (χ3n) is 4.30. The number of nitrogens with one attached hydrogen (secondary N) is 1. The van der Waals surface area contributed by atoms with E-state index < -0.39 is 11.0 Å². The maximum absolute atomic E-state index is 12.3. The Morgan fingerprint density at radius 1 is 1.26 bits per heavy atom. The summed E-state index contributed by atoms with van der Waals surface area (Å²) in [6.07, 6.45) is 2.44. The third kappa shape index (κ3) is 3.72. The molecule has 0 saturated heterocycles. The molecule has 3 aromatic rings. The lowest BCUT2D eigenvalue weighted by atomic mass is 9.95. The highest BCUT2D eigenvalue weighted by atomic mass is 16.6. The first kappa shape index (κ1) is 18.3. The molecule has 0 aliphatic carbocycles. The highest BCUT2D eigenvalue weighted by Crippen LogP contribution is 2.39. The van der Waals surface area contributed by atoms with Crippen molar-refractivity contribution in [1.82, 2.24) is 10.3 Å². The number of pyridine rings is 1. The second-order valence-corrected chi connectivity index (χ2v) is 6.15. The Kier molecular flexibility index (Phi) is 5.30. The van der Waals surface area contributed by atoms with Gasteiger partial charge in [-0.05, 0) is 24.1 Å². The van der Waals surface area contributed by atoms with E-state index in [-0.39, 0.29) is 33.8 Å². The first-order valence-corrected chi connectivity index (χ1v) is 8.62. The van der Waals surface area contributed by atoms with Crippen LogP contribution in [0.1, 0.15) is 36.9 Å². The monoisotopic (exact) mass is 365 g/mol. The van der Waals surface area contributed by atoms with Crippen LogP contribution in [0.5, 0.6) is 5.75 Å². The summed E-state index contributed by atoms with van der Waals surface area (Å²) >= 11 is 0. The molecule has 0 saturated carbocycles. The number of hydrogen-bond acceptors (Lipinski definition) is 5. The van der Waals surface area contributed by atoms with Crippen LogP contribution in [-0.4, -0.2) is 20.9 Å². The predicted molar refractivity (Wildman–Crippen MR) is 101 cm³/mol. The third-order valence-corrected chi connectivity index (χ3v) is 4.30. The van der Waals surface area contributed by atoms with E-state index in [1.165, 1.54) is 18.3 Å². The molecule has 0 bridgehead atoms. The van der Waals surface area contributed by atoms with Crippen molar-refractivity contribution in [2.24, 2.45) is 0 Å². The molecule has 0 spiro atoms. The first-order chi connectivity index (χ1) is 13.0. The number of nitrogens with zero attached hydrogens (tertiary/aromatic N) is 2. The van der Waals surface area contributed by atoms with Gasteiger partial charge in [0.1, 0.15) is 11.3 Å². The summed E-state index contributed by atoms with van der Waals surface area (Å²) in [4.78, 5) is 27.4. The van der Waals surface area contributed by atoms with E-state index in [9.17, 15) is 20.0 Å². The van der Waals surface area contributed by atoms with E-state index >= 15 is 0 Å². The van der Waals surface area contributed by atoms with Gasteiger partial charge in [0.15, 0.2) is 0 Å². The molecule has 1 aromatic heterocycles. The van der Waals surface area contributed by atoms with E-state index in [0.717, 1.165) is 0 Å². The molecule has 2 aromatic carbocycles. The normalized spacial score (nSPS) is 11.9. The van der Waals surface area contributed by atoms with Gasteiger partial charge in [-0.1, -0.05) is 37.3 Å². The molecule has 2 N–H and O–H groups in total. The molecular weight excluding hydrogens is 346 g/mol. The molecule has 27 heavy (non-hydrogen) atoms. The average Bonchev–Trinajstić information content (AvgIpc) is 2.67. The van der Waals surface area contributed by atoms with Gasteiger partial charge < -0.3 is 10.4 Å². The van der Waals surface area contributed by atoms with Crippen molar-refractivity contribution < 1.29 is 14.8 Å². The van der Waals surface area contributed by atoms with Crippen molar-refractivity contribution in [3.63, 3.8) is 0 Å². The Hall–Kier alpha value is -3.48. The first-order valence-electron chi connectivity index (χ1n) is 8.62. The maximum atomic E-state index is 12.3. The highest BCUT2D eigenvalue weighted by Gasteiger charge is 2.26. The van der Waals surface area contributed by atoms with Crippen LogP contribution in [-0.2, 0) is 4.79 Å². The number of non-ortho nitro benzene ring substituents is 1. The SMILES string of the molecule is CCCC(=O)NC(c1ccccc1)c1cc([N+](=O)[O-])c2cccnc2c1O. The Labute approximate surface area is 155 Å². The summed E-state index contributed by atoms with van der Waals surface area (Å²) in [5.41, 5.74) is 0.911. The van der Waals surface area contributed by atoms with Crippen molar-refractivity contribution in [3.05, 3.63) is 76.0 Å². The van der Waals surface area contributed by atoms with Gasteiger partial charge in [-0.3, -0.25) is 19.9 Å². The number of amides is 1. The largest absolute Gasteiger partial charge is 0.505 e. The van der Waals surface area contributed by atoms with Crippen molar-refractivity contribution in [2.45, 2.75) is 25.8 Å². The van der Waals surface area contributed by atoms with Gasteiger partial charge in [0.2, 0.25) is 5.91 Å². The van der Waals surface area contributed by atoms with Crippen molar-refractivity contribution in [3.8, 4) is 5.75 Å². The van der Waals surface area contributed by atoms with Crippen molar-refractivity contribution in [1.29, 1.82) is 0 Å². The number of fused-ring (bicyclic) bond motifs is 1. The number of phenolic OH excluding ortho intramolecular Hbond substituents is 1. The van der Waals surface area contributed by atoms with Gasteiger partial charge in [-0.15, -0.1) is 0 Å². The lowest BCUT2D eigenvalue weighted by Gasteiger charge is -2.21. The van der Waals surface area contributed by atoms with E-state index in [0.29, 0.717) is 18.4 Å². The zero-order valence-electron chi connectivity index (χ0n) is 14.8. The molecule has 0 aliphatic heterocycles. The summed E-state index contributed by atoms with van der Waals surface area (Å²) in [5, 5.41) is 25.5. The fourth-order valence-electron chi connectivity index (χ4n) is 3.05. The lowest BCUT2D eigenvalue weighted by molar-refractivity contribution is -0.383. The Balaban J connectivity index is 2.22. The molecule has 0 radical (unpaired) electrons. The van der Waals surface area contributed by atoms with Gasteiger partial charge in [0.25, 0.3) is 5.69 Å². The number of aromatic hydroxyl groups is 1. The summed E-state index contributed by atoms with van der Waals surface area (Å²) in [6, 6.07) is 12.7. The number of carbonyl (C=O) groups excluding carboxylic acids is 1. The van der Waals surface area contributed by atoms with Crippen LogP contribution in [0.4, 0.5) is 5.69 Å². The number of benzene rings is 2. The van der Waals surface area contributed by atoms with Crippen LogP contribution in [0.2, 0.25) is 0 Å². The molecule has 3 rings (SSSR count). The zero-order chi connectivity index (χ0) is 19.4. The quantitative estimate of drug-likeness (QED) is 0.510. The van der Waals surface area contributed by atoms with Crippen molar-refractivity contribution in [2.75, 3.05) is 0 Å². The Bertz CT molecular complexity index is 989. The fourth-order valence-corrected chi connectivity index (χ4v) is 3.05. The van der Waals surface area contributed by atoms with Crippen molar-refractivity contribution >= 4 is 22.5 Å². The smallest absolute Gasteiger partial charge is 0.279 e. The molecule has 0 aliphatic rings. The van der Waals surface area contributed by atoms with E-state index in [2.05, 4.69) is 10.3 Å².